The smallest absolute Gasteiger partial charge is 0.182 e. The van der Waals surface area contributed by atoms with E-state index in [2.05, 4.69) is 0 Å². The Morgan fingerprint density at radius 2 is 0.943 bits per heavy atom. The lowest BCUT2D eigenvalue weighted by molar-refractivity contribution is -0.110. The summed E-state index contributed by atoms with van der Waals surface area (Å²) in [5.74, 6) is 0.763. The maximum atomic E-state index is 12.4. The van der Waals surface area contributed by atoms with Crippen molar-refractivity contribution in [3.05, 3.63) is 81.6 Å². The van der Waals surface area contributed by atoms with Gasteiger partial charge in [-0.05, 0) is 93.5 Å². The third-order valence-electron chi connectivity index (χ3n) is 6.05. The van der Waals surface area contributed by atoms with Crippen LogP contribution in [0.25, 0.3) is 12.2 Å². The number of phenols is 2. The maximum Gasteiger partial charge on any atom is 0.182 e. The number of carbonyl (C=O) groups is 1. The predicted molar refractivity (Wildman–Crippen MR) is 146 cm³/mol. The van der Waals surface area contributed by atoms with Crippen molar-refractivity contribution in [2.45, 2.75) is 79.1 Å². The molecule has 0 spiro atoms. The molecule has 0 aliphatic carbocycles. The quantitative estimate of drug-likeness (QED) is 0.193. The van der Waals surface area contributed by atoms with Crippen molar-refractivity contribution in [2.75, 3.05) is 0 Å². The van der Waals surface area contributed by atoms with Gasteiger partial charge in [-0.25, -0.2) is 0 Å². The van der Waals surface area contributed by atoms with Crippen molar-refractivity contribution >= 4 is 17.9 Å². The molecule has 2 aromatic carbocycles. The normalized spacial score (nSPS) is 12.9. The highest BCUT2D eigenvalue weighted by atomic mass is 16.3. The summed E-state index contributed by atoms with van der Waals surface area (Å²) in [6.45, 7) is 16.2. The lowest BCUT2D eigenvalue weighted by Crippen LogP contribution is -1.97. The monoisotopic (exact) mass is 476 g/mol. The molecule has 0 atom stereocenters. The van der Waals surface area contributed by atoms with Crippen LogP contribution in [0.15, 0.2) is 48.3 Å². The van der Waals surface area contributed by atoms with E-state index in [0.29, 0.717) is 11.5 Å². The summed E-state index contributed by atoms with van der Waals surface area (Å²) in [7, 11) is 0. The third kappa shape index (κ3) is 7.35. The number of hydrogen-bond donors (Lipinski definition) is 3. The molecule has 0 fully saturated rings. The Morgan fingerprint density at radius 1 is 0.629 bits per heavy atom. The van der Waals surface area contributed by atoms with Gasteiger partial charge in [0.05, 0.1) is 0 Å². The van der Waals surface area contributed by atoms with Gasteiger partial charge >= 0.3 is 0 Å². The van der Waals surface area contributed by atoms with E-state index < -0.39 is 0 Å². The standard InChI is InChI=1S/C31H40O4/c1-18(2)26-13-22(14-27(19(3)4)30(26)34)9-11-24(32)17-25(33)12-10-23-15-28(20(5)6)31(35)29(16-23)21(7)8/h9-21,32,34-35H,1-8H3/b11-9+,12-10+,24-17-. The van der Waals surface area contributed by atoms with Crippen LogP contribution in [0.2, 0.25) is 0 Å². The molecule has 0 aliphatic rings. The van der Waals surface area contributed by atoms with Crippen LogP contribution in [0, 0.1) is 0 Å². The van der Waals surface area contributed by atoms with Gasteiger partial charge in [-0.3, -0.25) is 4.79 Å². The van der Waals surface area contributed by atoms with E-state index in [9.17, 15) is 20.1 Å². The van der Waals surface area contributed by atoms with Gasteiger partial charge in [0.1, 0.15) is 17.3 Å². The number of carbonyl (C=O) groups excluding carboxylic acids is 1. The molecular weight excluding hydrogens is 436 g/mol. The van der Waals surface area contributed by atoms with E-state index >= 15 is 0 Å². The van der Waals surface area contributed by atoms with Crippen LogP contribution in [0.1, 0.15) is 112 Å². The molecule has 4 heteroatoms. The van der Waals surface area contributed by atoms with Crippen molar-refractivity contribution in [3.8, 4) is 11.5 Å². The van der Waals surface area contributed by atoms with Crippen LogP contribution >= 0.6 is 0 Å². The number of ketones is 1. The lowest BCUT2D eigenvalue weighted by Gasteiger charge is -2.16. The van der Waals surface area contributed by atoms with Crippen LogP contribution in [0.3, 0.4) is 0 Å². The van der Waals surface area contributed by atoms with E-state index in [1.165, 1.54) is 18.2 Å². The van der Waals surface area contributed by atoms with Crippen molar-refractivity contribution in [2.24, 2.45) is 0 Å². The number of benzene rings is 2. The Morgan fingerprint density at radius 3 is 1.26 bits per heavy atom. The molecule has 2 aromatic rings. The van der Waals surface area contributed by atoms with Crippen LogP contribution in [-0.2, 0) is 4.79 Å². The average molecular weight is 477 g/mol. The molecule has 0 radical (unpaired) electrons. The second-order valence-corrected chi connectivity index (χ2v) is 10.4. The number of hydrogen-bond acceptors (Lipinski definition) is 4. The molecule has 4 nitrogen and oxygen atoms in total. The Labute approximate surface area is 210 Å². The van der Waals surface area contributed by atoms with Gasteiger partial charge in [0.25, 0.3) is 0 Å². The first-order valence-electron chi connectivity index (χ1n) is 12.4. The molecule has 0 saturated heterocycles. The number of phenolic OH excluding ortho intramolecular Hbond substituents is 2. The molecule has 0 aliphatic heterocycles. The highest BCUT2D eigenvalue weighted by Crippen LogP contribution is 2.36. The van der Waals surface area contributed by atoms with Gasteiger partial charge in [0, 0.05) is 6.08 Å². The van der Waals surface area contributed by atoms with Crippen molar-refractivity contribution < 1.29 is 20.1 Å². The minimum absolute atomic E-state index is 0.151. The molecule has 188 valence electrons. The Hall–Kier alpha value is -3.27. The van der Waals surface area contributed by atoms with E-state index in [1.807, 2.05) is 79.7 Å². The largest absolute Gasteiger partial charge is 0.508 e. The number of aromatic hydroxyl groups is 2. The first kappa shape index (κ1) is 28.0. The highest BCUT2D eigenvalue weighted by molar-refractivity contribution is 6.02. The number of allylic oxidation sites excluding steroid dienone is 3. The molecule has 2 rings (SSSR count). The molecule has 0 saturated carbocycles. The van der Waals surface area contributed by atoms with E-state index in [4.69, 9.17) is 0 Å². The molecular formula is C31H40O4. The Balaban J connectivity index is 2.27. The summed E-state index contributed by atoms with van der Waals surface area (Å²) in [6, 6.07) is 7.59. The summed E-state index contributed by atoms with van der Waals surface area (Å²) < 4.78 is 0. The fraction of sp³-hybridized carbons (Fsp3) is 0.387. The van der Waals surface area contributed by atoms with Gasteiger partial charge in [0.15, 0.2) is 5.78 Å². The lowest BCUT2D eigenvalue weighted by atomic mass is 9.91. The first-order valence-corrected chi connectivity index (χ1v) is 12.4. The van der Waals surface area contributed by atoms with Gasteiger partial charge in [-0.1, -0.05) is 67.5 Å². The Kier molecular flexibility index (Phi) is 9.53. The molecule has 0 heterocycles. The molecule has 0 bridgehead atoms. The van der Waals surface area contributed by atoms with E-state index in [0.717, 1.165) is 33.4 Å². The van der Waals surface area contributed by atoms with E-state index in [1.54, 1.807) is 12.2 Å². The second-order valence-electron chi connectivity index (χ2n) is 10.4. The average Bonchev–Trinajstić information content (AvgIpc) is 2.76. The zero-order chi connectivity index (χ0) is 26.4. The van der Waals surface area contributed by atoms with Crippen LogP contribution in [0.5, 0.6) is 11.5 Å². The summed E-state index contributed by atoms with van der Waals surface area (Å²) in [6.07, 6.45) is 7.52. The first-order chi connectivity index (χ1) is 16.3. The molecule has 35 heavy (non-hydrogen) atoms. The molecule has 0 unspecified atom stereocenters. The van der Waals surface area contributed by atoms with Crippen molar-refractivity contribution in [1.29, 1.82) is 0 Å². The van der Waals surface area contributed by atoms with Crippen LogP contribution in [0.4, 0.5) is 0 Å². The summed E-state index contributed by atoms with van der Waals surface area (Å²) in [4.78, 5) is 12.4. The van der Waals surface area contributed by atoms with Crippen LogP contribution in [-0.4, -0.2) is 21.1 Å². The zero-order valence-electron chi connectivity index (χ0n) is 22.3. The van der Waals surface area contributed by atoms with Gasteiger partial charge in [0.2, 0.25) is 0 Å². The van der Waals surface area contributed by atoms with E-state index in [-0.39, 0.29) is 35.2 Å². The number of aliphatic hydroxyl groups is 1. The summed E-state index contributed by atoms with van der Waals surface area (Å²) in [5, 5.41) is 31.4. The van der Waals surface area contributed by atoms with Crippen LogP contribution < -0.4 is 0 Å². The van der Waals surface area contributed by atoms with Gasteiger partial charge in [-0.15, -0.1) is 0 Å². The summed E-state index contributed by atoms with van der Waals surface area (Å²) in [5.41, 5.74) is 5.09. The SMILES string of the molecule is CC(C)c1cc(/C=C/C(=O)/C=C(O)/C=C/c2cc(C(C)C)c(O)c(C(C)C)c2)cc(C(C)C)c1O. The third-order valence-corrected chi connectivity index (χ3v) is 6.05. The fourth-order valence-electron chi connectivity index (χ4n) is 3.96. The minimum atomic E-state index is -0.339. The number of rotatable bonds is 9. The van der Waals surface area contributed by atoms with Gasteiger partial charge in [-0.2, -0.15) is 0 Å². The zero-order valence-corrected chi connectivity index (χ0v) is 22.3. The van der Waals surface area contributed by atoms with Crippen molar-refractivity contribution in [1.82, 2.24) is 0 Å². The fourth-order valence-corrected chi connectivity index (χ4v) is 3.96. The molecule has 3 N–H and O–H groups in total. The molecule has 0 amide bonds. The highest BCUT2D eigenvalue weighted by Gasteiger charge is 2.15. The Bertz CT molecular complexity index is 1090. The van der Waals surface area contributed by atoms with Crippen molar-refractivity contribution in [3.63, 3.8) is 0 Å². The van der Waals surface area contributed by atoms with Gasteiger partial charge < -0.3 is 15.3 Å². The number of aliphatic hydroxyl groups excluding tert-OH is 1. The topological polar surface area (TPSA) is 77.8 Å². The maximum absolute atomic E-state index is 12.4. The second kappa shape index (κ2) is 11.9. The minimum Gasteiger partial charge on any atom is -0.508 e. The summed E-state index contributed by atoms with van der Waals surface area (Å²) >= 11 is 0. The molecule has 0 aromatic heterocycles. The predicted octanol–water partition coefficient (Wildman–Crippen LogP) is 8.33.